The zero-order valence-electron chi connectivity index (χ0n) is 16.8. The molecule has 0 bridgehead atoms. The summed E-state index contributed by atoms with van der Waals surface area (Å²) in [7, 11) is 0. The number of ether oxygens (including phenoxy) is 1. The predicted molar refractivity (Wildman–Crippen MR) is 112 cm³/mol. The molecule has 0 radical (unpaired) electrons. The lowest BCUT2D eigenvalue weighted by atomic mass is 9.87. The maximum atomic E-state index is 12.3. The van der Waals surface area contributed by atoms with Gasteiger partial charge < -0.3 is 19.9 Å². The van der Waals surface area contributed by atoms with Crippen LogP contribution in [0.15, 0.2) is 54.6 Å². The minimum absolute atomic E-state index is 0.0324. The summed E-state index contributed by atoms with van der Waals surface area (Å²) in [5.74, 6) is 0.679. The largest absolute Gasteiger partial charge is 0.485 e. The van der Waals surface area contributed by atoms with Gasteiger partial charge in [0.15, 0.2) is 0 Å². The Labute approximate surface area is 171 Å². The third kappa shape index (κ3) is 4.21. The van der Waals surface area contributed by atoms with Crippen LogP contribution in [0.1, 0.15) is 26.2 Å². The number of benzene rings is 2. The van der Waals surface area contributed by atoms with Gasteiger partial charge in [-0.3, -0.25) is 9.59 Å². The Morgan fingerprint density at radius 3 is 2.34 bits per heavy atom. The van der Waals surface area contributed by atoms with Gasteiger partial charge in [-0.15, -0.1) is 0 Å². The Morgan fingerprint density at radius 1 is 0.966 bits per heavy atom. The number of nitrogens with zero attached hydrogens (tertiary/aromatic N) is 2. The van der Waals surface area contributed by atoms with E-state index in [4.69, 9.17) is 4.74 Å². The predicted octanol–water partition coefficient (Wildman–Crippen LogP) is 3.10. The fraction of sp³-hybridized carbons (Fsp3) is 0.391. The van der Waals surface area contributed by atoms with Crippen molar-refractivity contribution in [3.05, 3.63) is 54.6 Å². The number of hydrogen-bond acceptors (Lipinski definition) is 4. The number of para-hydroxylation sites is 3. The van der Waals surface area contributed by atoms with Gasteiger partial charge in [0.05, 0.1) is 12.2 Å². The molecule has 2 heterocycles. The maximum Gasteiger partial charge on any atom is 0.241 e. The minimum atomic E-state index is -0.273. The van der Waals surface area contributed by atoms with Gasteiger partial charge in [-0.25, -0.2) is 0 Å². The zero-order valence-corrected chi connectivity index (χ0v) is 16.8. The Hall–Kier alpha value is -3.02. The third-order valence-electron chi connectivity index (χ3n) is 5.86. The number of nitrogens with one attached hydrogen (secondary N) is 1. The van der Waals surface area contributed by atoms with E-state index in [-0.39, 0.29) is 24.0 Å². The van der Waals surface area contributed by atoms with E-state index in [1.165, 1.54) is 6.92 Å². The van der Waals surface area contributed by atoms with Crippen molar-refractivity contribution in [1.82, 2.24) is 10.2 Å². The number of anilines is 2. The molecule has 152 valence electrons. The molecule has 2 aromatic rings. The summed E-state index contributed by atoms with van der Waals surface area (Å²) >= 11 is 0. The van der Waals surface area contributed by atoms with Crippen LogP contribution >= 0.6 is 0 Å². The molecule has 0 unspecified atom stereocenters. The summed E-state index contributed by atoms with van der Waals surface area (Å²) < 4.78 is 6.61. The molecule has 0 aromatic heterocycles. The molecular weight excluding hydrogens is 366 g/mol. The van der Waals surface area contributed by atoms with Crippen molar-refractivity contribution in [2.24, 2.45) is 0 Å². The smallest absolute Gasteiger partial charge is 0.241 e. The molecule has 1 spiro atoms. The first kappa shape index (κ1) is 19.3. The van der Waals surface area contributed by atoms with Crippen molar-refractivity contribution in [3.8, 4) is 5.75 Å². The molecule has 6 nitrogen and oxygen atoms in total. The minimum Gasteiger partial charge on any atom is -0.485 e. The van der Waals surface area contributed by atoms with Crippen LogP contribution in [-0.4, -0.2) is 48.5 Å². The maximum absolute atomic E-state index is 12.3. The number of hydrogen-bond donors (Lipinski definition) is 1. The van der Waals surface area contributed by atoms with Crippen LogP contribution in [0.2, 0.25) is 0 Å². The zero-order chi connectivity index (χ0) is 20.3. The summed E-state index contributed by atoms with van der Waals surface area (Å²) in [6.07, 6.45) is 2.47. The van der Waals surface area contributed by atoms with Gasteiger partial charge in [-0.05, 0) is 24.3 Å². The van der Waals surface area contributed by atoms with Crippen molar-refractivity contribution >= 4 is 23.2 Å². The summed E-state index contributed by atoms with van der Waals surface area (Å²) in [6, 6.07) is 18.6. The SMILES string of the molecule is CC(=O)NCC(=O)N1CCC2(CC1)CCN(c1ccccc1)c1ccccc1O2. The van der Waals surface area contributed by atoms with Crippen molar-refractivity contribution in [1.29, 1.82) is 0 Å². The molecule has 29 heavy (non-hydrogen) atoms. The van der Waals surface area contributed by atoms with Crippen LogP contribution in [-0.2, 0) is 9.59 Å². The van der Waals surface area contributed by atoms with Crippen LogP contribution in [0.25, 0.3) is 0 Å². The molecule has 1 fully saturated rings. The van der Waals surface area contributed by atoms with Crippen LogP contribution in [0, 0.1) is 0 Å². The number of carbonyl (C=O) groups excluding carboxylic acids is 2. The van der Waals surface area contributed by atoms with Crippen molar-refractivity contribution in [3.63, 3.8) is 0 Å². The van der Waals surface area contributed by atoms with E-state index in [1.54, 1.807) is 0 Å². The first-order valence-corrected chi connectivity index (χ1v) is 10.2. The second-order valence-corrected chi connectivity index (χ2v) is 7.78. The lowest BCUT2D eigenvalue weighted by molar-refractivity contribution is -0.135. The number of fused-ring (bicyclic) bond motifs is 1. The highest BCUT2D eigenvalue weighted by atomic mass is 16.5. The molecule has 0 aliphatic carbocycles. The fourth-order valence-corrected chi connectivity index (χ4v) is 4.19. The van der Waals surface area contributed by atoms with E-state index in [1.807, 2.05) is 29.2 Å². The van der Waals surface area contributed by atoms with E-state index in [0.29, 0.717) is 13.1 Å². The molecule has 2 amide bonds. The molecule has 2 aromatic carbocycles. The van der Waals surface area contributed by atoms with Crippen molar-refractivity contribution < 1.29 is 14.3 Å². The quantitative estimate of drug-likeness (QED) is 0.871. The second kappa shape index (κ2) is 8.15. The standard InChI is InChI=1S/C23H27N3O3/c1-18(27)24-17-22(28)25-14-11-23(12-15-25)13-16-26(19-7-3-2-4-8-19)20-9-5-6-10-21(20)29-23/h2-10H,11-17H2,1H3,(H,24,27). The molecule has 2 aliphatic rings. The molecule has 1 saturated heterocycles. The lowest BCUT2D eigenvalue weighted by Crippen LogP contribution is -2.51. The second-order valence-electron chi connectivity index (χ2n) is 7.78. The average Bonchev–Trinajstić information content (AvgIpc) is 2.90. The van der Waals surface area contributed by atoms with Gasteiger partial charge in [0.25, 0.3) is 0 Å². The molecular formula is C23H27N3O3. The fourth-order valence-electron chi connectivity index (χ4n) is 4.19. The number of likely N-dealkylation sites (tertiary alicyclic amines) is 1. The number of rotatable bonds is 3. The van der Waals surface area contributed by atoms with Crippen LogP contribution in [0.4, 0.5) is 11.4 Å². The molecule has 2 aliphatic heterocycles. The molecule has 0 saturated carbocycles. The van der Waals surface area contributed by atoms with E-state index in [0.717, 1.165) is 42.9 Å². The number of amides is 2. The van der Waals surface area contributed by atoms with Gasteiger partial charge in [-0.2, -0.15) is 0 Å². The van der Waals surface area contributed by atoms with Gasteiger partial charge in [0, 0.05) is 51.5 Å². The topological polar surface area (TPSA) is 61.9 Å². The van der Waals surface area contributed by atoms with Crippen LogP contribution in [0.3, 0.4) is 0 Å². The monoisotopic (exact) mass is 393 g/mol. The van der Waals surface area contributed by atoms with Gasteiger partial charge in [0.2, 0.25) is 11.8 Å². The third-order valence-corrected chi connectivity index (χ3v) is 5.86. The van der Waals surface area contributed by atoms with Gasteiger partial charge in [-0.1, -0.05) is 30.3 Å². The Kier molecular flexibility index (Phi) is 5.43. The highest BCUT2D eigenvalue weighted by molar-refractivity contribution is 5.83. The first-order chi connectivity index (χ1) is 14.1. The highest BCUT2D eigenvalue weighted by Gasteiger charge is 2.40. The molecule has 1 N–H and O–H groups in total. The normalized spacial score (nSPS) is 17.8. The van der Waals surface area contributed by atoms with Gasteiger partial charge >= 0.3 is 0 Å². The first-order valence-electron chi connectivity index (χ1n) is 10.2. The molecule has 6 heteroatoms. The van der Waals surface area contributed by atoms with E-state index < -0.39 is 0 Å². The summed E-state index contributed by atoms with van der Waals surface area (Å²) in [5.41, 5.74) is 1.97. The van der Waals surface area contributed by atoms with Crippen LogP contribution in [0.5, 0.6) is 5.75 Å². The summed E-state index contributed by atoms with van der Waals surface area (Å²) in [6.45, 7) is 3.64. The average molecular weight is 393 g/mol. The number of piperidine rings is 1. The Bertz CT molecular complexity index is 876. The van der Waals surface area contributed by atoms with E-state index in [9.17, 15) is 9.59 Å². The molecule has 0 atom stereocenters. The highest BCUT2D eigenvalue weighted by Crippen LogP contribution is 2.42. The summed E-state index contributed by atoms with van der Waals surface area (Å²) in [5, 5.41) is 2.59. The van der Waals surface area contributed by atoms with Gasteiger partial charge in [0.1, 0.15) is 11.4 Å². The van der Waals surface area contributed by atoms with Crippen molar-refractivity contribution in [2.75, 3.05) is 31.1 Å². The Morgan fingerprint density at radius 2 is 1.62 bits per heavy atom. The summed E-state index contributed by atoms with van der Waals surface area (Å²) in [4.78, 5) is 27.6. The Balaban J connectivity index is 1.50. The molecule has 4 rings (SSSR count). The van der Waals surface area contributed by atoms with Crippen LogP contribution < -0.4 is 15.0 Å². The lowest BCUT2D eigenvalue weighted by Gasteiger charge is -2.41. The van der Waals surface area contributed by atoms with E-state index >= 15 is 0 Å². The van der Waals surface area contributed by atoms with E-state index in [2.05, 4.69) is 40.5 Å². The van der Waals surface area contributed by atoms with Crippen molar-refractivity contribution in [2.45, 2.75) is 31.8 Å². The number of carbonyl (C=O) groups is 2.